The standard InChI is InChI=1S/C31H29F5N4O5/c1-30(2,3)45-29(42)39-13-21(14-39)40-12-20(11-37-40)17-4-5-22-23(15-43-24(22)9-17)19-8-18-6-7-38(16-31(34,35)36)27(41)26(18)25(10-19)44-28(32)33/h4-5,8-12,15,21,28H,6-7,13-14,16H2,1-3H3. The van der Waals surface area contributed by atoms with Gasteiger partial charge in [0.25, 0.3) is 5.91 Å². The summed E-state index contributed by atoms with van der Waals surface area (Å²) < 4.78 is 83.3. The molecular weight excluding hydrogens is 603 g/mol. The van der Waals surface area contributed by atoms with Gasteiger partial charge in [-0.1, -0.05) is 6.07 Å². The lowest BCUT2D eigenvalue weighted by Crippen LogP contribution is -2.52. The molecule has 0 aliphatic carbocycles. The molecule has 2 aliphatic rings. The Morgan fingerprint density at radius 2 is 1.84 bits per heavy atom. The fourth-order valence-corrected chi connectivity index (χ4v) is 5.56. The molecule has 0 spiro atoms. The van der Waals surface area contributed by atoms with E-state index in [9.17, 15) is 31.5 Å². The van der Waals surface area contributed by atoms with Gasteiger partial charge in [0.2, 0.25) is 0 Å². The van der Waals surface area contributed by atoms with Crippen molar-refractivity contribution in [1.29, 1.82) is 0 Å². The highest BCUT2D eigenvalue weighted by Gasteiger charge is 2.38. The molecule has 1 fully saturated rings. The SMILES string of the molecule is CC(C)(C)OC(=O)N1CC(n2cc(-c3ccc4c(-c5cc6c(c(OC(F)F)c5)C(=O)N(CC(F)(F)F)CC6)coc4c3)cn2)C1. The first-order valence-electron chi connectivity index (χ1n) is 14.2. The van der Waals surface area contributed by atoms with Gasteiger partial charge in [-0.2, -0.15) is 27.1 Å². The molecule has 14 heteroatoms. The maximum absolute atomic E-state index is 13.3. The number of carbonyl (C=O) groups excluding carboxylic acids is 2. The van der Waals surface area contributed by atoms with Crippen LogP contribution >= 0.6 is 0 Å². The predicted octanol–water partition coefficient (Wildman–Crippen LogP) is 6.92. The van der Waals surface area contributed by atoms with E-state index < -0.39 is 36.6 Å². The molecular formula is C31H29F5N4O5. The Bertz CT molecular complexity index is 1770. The minimum Gasteiger partial charge on any atom is -0.464 e. The number of ether oxygens (including phenoxy) is 2. The summed E-state index contributed by atoms with van der Waals surface area (Å²) in [7, 11) is 0. The molecule has 2 aromatic carbocycles. The van der Waals surface area contributed by atoms with E-state index in [0.29, 0.717) is 45.6 Å². The molecule has 0 bridgehead atoms. The molecule has 2 aromatic heterocycles. The Kier molecular flexibility index (Phi) is 7.48. The predicted molar refractivity (Wildman–Crippen MR) is 152 cm³/mol. The lowest BCUT2D eigenvalue weighted by atomic mass is 9.92. The van der Waals surface area contributed by atoms with E-state index >= 15 is 0 Å². The van der Waals surface area contributed by atoms with E-state index in [0.717, 1.165) is 11.1 Å². The van der Waals surface area contributed by atoms with E-state index in [1.807, 2.05) is 39.1 Å². The number of alkyl halides is 5. The first-order chi connectivity index (χ1) is 21.1. The molecule has 9 nitrogen and oxygen atoms in total. The third-order valence-electron chi connectivity index (χ3n) is 7.63. The number of benzene rings is 2. The number of hydrogen-bond donors (Lipinski definition) is 0. The van der Waals surface area contributed by atoms with Crippen molar-refractivity contribution in [1.82, 2.24) is 19.6 Å². The molecule has 4 heterocycles. The Morgan fingerprint density at radius 1 is 1.09 bits per heavy atom. The second kappa shape index (κ2) is 11.1. The zero-order chi connectivity index (χ0) is 32.3. The Balaban J connectivity index is 1.24. The number of furan rings is 1. The number of likely N-dealkylation sites (tertiary alicyclic amines) is 1. The molecule has 0 N–H and O–H groups in total. The number of carbonyl (C=O) groups is 2. The van der Waals surface area contributed by atoms with Crippen LogP contribution in [0.15, 0.2) is 53.4 Å². The van der Waals surface area contributed by atoms with Gasteiger partial charge in [-0.05, 0) is 68.1 Å². The van der Waals surface area contributed by atoms with Gasteiger partial charge >= 0.3 is 18.9 Å². The molecule has 0 saturated carbocycles. The zero-order valence-electron chi connectivity index (χ0n) is 24.5. The fourth-order valence-electron chi connectivity index (χ4n) is 5.56. The van der Waals surface area contributed by atoms with Crippen molar-refractivity contribution in [2.24, 2.45) is 0 Å². The summed E-state index contributed by atoms with van der Waals surface area (Å²) in [5.74, 6) is -1.51. The van der Waals surface area contributed by atoms with Crippen LogP contribution in [0.1, 0.15) is 42.7 Å². The summed E-state index contributed by atoms with van der Waals surface area (Å²) >= 11 is 0. The van der Waals surface area contributed by atoms with Crippen LogP contribution in [0.25, 0.3) is 33.2 Å². The number of amides is 2. The van der Waals surface area contributed by atoms with Crippen molar-refractivity contribution in [2.45, 2.75) is 51.6 Å². The molecule has 45 heavy (non-hydrogen) atoms. The van der Waals surface area contributed by atoms with E-state index in [4.69, 9.17) is 9.15 Å². The van der Waals surface area contributed by atoms with Gasteiger partial charge in [0, 0.05) is 42.3 Å². The van der Waals surface area contributed by atoms with Crippen molar-refractivity contribution in [2.75, 3.05) is 26.2 Å². The monoisotopic (exact) mass is 632 g/mol. The lowest BCUT2D eigenvalue weighted by molar-refractivity contribution is -0.141. The van der Waals surface area contributed by atoms with E-state index in [1.165, 1.54) is 12.3 Å². The highest BCUT2D eigenvalue weighted by atomic mass is 19.4. The van der Waals surface area contributed by atoms with Crippen molar-refractivity contribution < 1.29 is 45.4 Å². The van der Waals surface area contributed by atoms with Crippen LogP contribution in [0.5, 0.6) is 5.75 Å². The summed E-state index contributed by atoms with van der Waals surface area (Å²) in [6, 6.07) is 8.29. The van der Waals surface area contributed by atoms with Crippen LogP contribution in [0.2, 0.25) is 0 Å². The van der Waals surface area contributed by atoms with Crippen LogP contribution < -0.4 is 4.74 Å². The molecule has 2 aliphatic heterocycles. The topological polar surface area (TPSA) is 90.0 Å². The third kappa shape index (κ3) is 6.31. The maximum atomic E-state index is 13.3. The Morgan fingerprint density at radius 3 is 2.53 bits per heavy atom. The minimum absolute atomic E-state index is 0.00583. The Hall–Kier alpha value is -4.62. The molecule has 6 rings (SSSR count). The zero-order valence-corrected chi connectivity index (χ0v) is 24.5. The number of aromatic nitrogens is 2. The molecule has 238 valence electrons. The van der Waals surface area contributed by atoms with Gasteiger partial charge in [-0.3, -0.25) is 9.48 Å². The van der Waals surface area contributed by atoms with Crippen LogP contribution in [0.3, 0.4) is 0 Å². The smallest absolute Gasteiger partial charge is 0.410 e. The largest absolute Gasteiger partial charge is 0.464 e. The Labute approximate surface area is 254 Å². The van der Waals surface area contributed by atoms with E-state index in [2.05, 4.69) is 9.84 Å². The third-order valence-corrected chi connectivity index (χ3v) is 7.63. The highest BCUT2D eigenvalue weighted by Crippen LogP contribution is 2.40. The average molecular weight is 633 g/mol. The number of fused-ring (bicyclic) bond motifs is 2. The van der Waals surface area contributed by atoms with Crippen molar-refractivity contribution in [3.8, 4) is 28.0 Å². The van der Waals surface area contributed by atoms with Crippen LogP contribution in [0, 0.1) is 0 Å². The van der Waals surface area contributed by atoms with Crippen molar-refractivity contribution in [3.63, 3.8) is 0 Å². The fraction of sp³-hybridized carbons (Fsp3) is 0.387. The van der Waals surface area contributed by atoms with Gasteiger partial charge in [-0.15, -0.1) is 0 Å². The molecule has 0 atom stereocenters. The summed E-state index contributed by atoms with van der Waals surface area (Å²) in [6.45, 7) is 1.39. The van der Waals surface area contributed by atoms with E-state index in [1.54, 1.807) is 27.9 Å². The minimum atomic E-state index is -4.63. The summed E-state index contributed by atoms with van der Waals surface area (Å²) in [4.78, 5) is 27.3. The summed E-state index contributed by atoms with van der Waals surface area (Å²) in [5, 5.41) is 5.11. The number of nitrogens with zero attached hydrogens (tertiary/aromatic N) is 4. The molecule has 4 aromatic rings. The maximum Gasteiger partial charge on any atom is 0.410 e. The van der Waals surface area contributed by atoms with Crippen molar-refractivity contribution >= 4 is 23.0 Å². The summed E-state index contributed by atoms with van der Waals surface area (Å²) in [6.07, 6.45) is 0.0597. The average Bonchev–Trinajstić information content (AvgIpc) is 3.54. The normalized spacial score (nSPS) is 15.9. The molecule has 2 amide bonds. The summed E-state index contributed by atoms with van der Waals surface area (Å²) in [5.41, 5.74) is 2.50. The van der Waals surface area contributed by atoms with E-state index in [-0.39, 0.29) is 30.7 Å². The lowest BCUT2D eigenvalue weighted by Gasteiger charge is -2.39. The van der Waals surface area contributed by atoms with Gasteiger partial charge < -0.3 is 23.7 Å². The van der Waals surface area contributed by atoms with Crippen molar-refractivity contribution in [3.05, 3.63) is 60.1 Å². The van der Waals surface area contributed by atoms with Crippen LogP contribution in [0.4, 0.5) is 26.7 Å². The van der Waals surface area contributed by atoms with Gasteiger partial charge in [0.1, 0.15) is 23.5 Å². The second-order valence-electron chi connectivity index (χ2n) is 12.1. The van der Waals surface area contributed by atoms with Crippen LogP contribution in [-0.4, -0.2) is 76.1 Å². The van der Waals surface area contributed by atoms with Gasteiger partial charge in [0.15, 0.2) is 0 Å². The number of rotatable bonds is 6. The molecule has 0 unspecified atom stereocenters. The first kappa shape index (κ1) is 30.4. The van der Waals surface area contributed by atoms with Gasteiger partial charge in [0.05, 0.1) is 24.1 Å². The number of halogens is 5. The van der Waals surface area contributed by atoms with Crippen LogP contribution in [-0.2, 0) is 11.2 Å². The second-order valence-corrected chi connectivity index (χ2v) is 12.1. The molecule has 1 saturated heterocycles. The number of hydrogen-bond acceptors (Lipinski definition) is 6. The quantitative estimate of drug-likeness (QED) is 0.215. The molecule has 0 radical (unpaired) electrons. The first-order valence-corrected chi connectivity index (χ1v) is 14.2. The highest BCUT2D eigenvalue weighted by molar-refractivity contribution is 6.02. The van der Waals surface area contributed by atoms with Gasteiger partial charge in [-0.25, -0.2) is 4.79 Å².